The summed E-state index contributed by atoms with van der Waals surface area (Å²) in [6.45, 7) is 0. The molecule has 0 radical (unpaired) electrons. The highest BCUT2D eigenvalue weighted by molar-refractivity contribution is 14.1. The molecule has 2 rings (SSSR count). The molecule has 0 atom stereocenters. The van der Waals surface area contributed by atoms with E-state index in [1.165, 1.54) is 19.3 Å². The fraction of sp³-hybridized carbons (Fsp3) is 0.0667. The van der Waals surface area contributed by atoms with Gasteiger partial charge in [-0.2, -0.15) is 0 Å². The maximum atomic E-state index is 12.0. The van der Waals surface area contributed by atoms with E-state index < -0.39 is 15.9 Å². The predicted molar refractivity (Wildman–Crippen MR) is 95.4 cm³/mol. The molecule has 0 aliphatic heterocycles. The third kappa shape index (κ3) is 5.03. The molecule has 0 aliphatic carbocycles. The molecule has 1 aromatic carbocycles. The number of carbonyl (C=O) groups is 1. The third-order valence-corrected chi connectivity index (χ3v) is 4.48. The number of rotatable bonds is 5. The zero-order valence-corrected chi connectivity index (χ0v) is 15.0. The van der Waals surface area contributed by atoms with Crippen molar-refractivity contribution in [3.63, 3.8) is 0 Å². The highest BCUT2D eigenvalue weighted by Gasteiger charge is 2.16. The van der Waals surface area contributed by atoms with E-state index in [0.717, 1.165) is 5.41 Å². The van der Waals surface area contributed by atoms with Crippen molar-refractivity contribution in [1.82, 2.24) is 9.71 Å². The van der Waals surface area contributed by atoms with Crippen LogP contribution in [-0.2, 0) is 10.0 Å². The number of benzene rings is 1. The lowest BCUT2D eigenvalue weighted by Gasteiger charge is -2.06. The SMILES string of the molecule is COc1ccc(C(=O)NS(=O)(=O)/C=C/c2ccccc2)nc1I. The van der Waals surface area contributed by atoms with E-state index in [1.807, 2.05) is 33.4 Å². The van der Waals surface area contributed by atoms with Crippen LogP contribution in [0.3, 0.4) is 0 Å². The van der Waals surface area contributed by atoms with Gasteiger partial charge >= 0.3 is 0 Å². The van der Waals surface area contributed by atoms with E-state index in [0.29, 0.717) is 15.0 Å². The van der Waals surface area contributed by atoms with Crippen LogP contribution in [0, 0.1) is 3.70 Å². The Hall–Kier alpha value is -1.94. The van der Waals surface area contributed by atoms with Gasteiger partial charge in [-0.05, 0) is 46.4 Å². The summed E-state index contributed by atoms with van der Waals surface area (Å²) in [4.78, 5) is 16.0. The Morgan fingerprint density at radius 1 is 1.22 bits per heavy atom. The minimum Gasteiger partial charge on any atom is -0.494 e. The number of carbonyl (C=O) groups excluding carboxylic acids is 1. The molecule has 0 spiro atoms. The summed E-state index contributed by atoms with van der Waals surface area (Å²) in [5.41, 5.74) is 0.703. The maximum absolute atomic E-state index is 12.0. The van der Waals surface area contributed by atoms with Gasteiger partial charge in [0.05, 0.1) is 12.5 Å². The van der Waals surface area contributed by atoms with Gasteiger partial charge in [-0.3, -0.25) is 4.79 Å². The molecule has 1 aromatic heterocycles. The summed E-state index contributed by atoms with van der Waals surface area (Å²) >= 11 is 1.90. The Morgan fingerprint density at radius 3 is 2.52 bits per heavy atom. The quantitative estimate of drug-likeness (QED) is 0.566. The van der Waals surface area contributed by atoms with E-state index in [4.69, 9.17) is 4.74 Å². The van der Waals surface area contributed by atoms with Crippen LogP contribution in [0.4, 0.5) is 0 Å². The number of halogens is 1. The summed E-state index contributed by atoms with van der Waals surface area (Å²) in [7, 11) is -2.43. The van der Waals surface area contributed by atoms with Gasteiger partial charge < -0.3 is 4.74 Å². The number of aromatic nitrogens is 1. The fourth-order valence-corrected chi connectivity index (χ4v) is 3.08. The first kappa shape index (κ1) is 17.4. The number of sulfonamides is 1. The summed E-state index contributed by atoms with van der Waals surface area (Å²) < 4.78 is 31.3. The minimum absolute atomic E-state index is 0.00751. The van der Waals surface area contributed by atoms with E-state index in [2.05, 4.69) is 4.98 Å². The zero-order chi connectivity index (χ0) is 16.9. The molecule has 0 bridgehead atoms. The molecule has 120 valence electrons. The molecule has 0 saturated carbocycles. The Kier molecular flexibility index (Phi) is 5.72. The van der Waals surface area contributed by atoms with Crippen LogP contribution in [-0.4, -0.2) is 26.4 Å². The molecule has 1 amide bonds. The summed E-state index contributed by atoms with van der Waals surface area (Å²) in [5.74, 6) is -0.294. The molecule has 23 heavy (non-hydrogen) atoms. The van der Waals surface area contributed by atoms with Crippen molar-refractivity contribution in [3.05, 3.63) is 62.8 Å². The largest absolute Gasteiger partial charge is 0.494 e. The number of methoxy groups -OCH3 is 1. The van der Waals surface area contributed by atoms with Crippen LogP contribution >= 0.6 is 22.6 Å². The Morgan fingerprint density at radius 2 is 1.91 bits per heavy atom. The van der Waals surface area contributed by atoms with Crippen LogP contribution in [0.15, 0.2) is 47.9 Å². The maximum Gasteiger partial charge on any atom is 0.283 e. The first-order chi connectivity index (χ1) is 10.9. The lowest BCUT2D eigenvalue weighted by molar-refractivity contribution is 0.0976. The van der Waals surface area contributed by atoms with Gasteiger partial charge in [0.25, 0.3) is 15.9 Å². The van der Waals surface area contributed by atoms with Crippen molar-refractivity contribution in [2.24, 2.45) is 0 Å². The van der Waals surface area contributed by atoms with Crippen molar-refractivity contribution in [1.29, 1.82) is 0 Å². The number of pyridine rings is 1. The second kappa shape index (κ2) is 7.55. The van der Waals surface area contributed by atoms with Crippen molar-refractivity contribution in [3.8, 4) is 5.75 Å². The van der Waals surface area contributed by atoms with E-state index >= 15 is 0 Å². The summed E-state index contributed by atoms with van der Waals surface area (Å²) in [5, 5.41) is 0.939. The number of amides is 1. The average molecular weight is 444 g/mol. The normalized spacial score (nSPS) is 11.4. The number of ether oxygens (including phenoxy) is 1. The number of nitrogens with one attached hydrogen (secondary N) is 1. The number of hydrogen-bond acceptors (Lipinski definition) is 5. The van der Waals surface area contributed by atoms with Crippen molar-refractivity contribution < 1.29 is 17.9 Å². The Bertz CT molecular complexity index is 836. The van der Waals surface area contributed by atoms with Crippen LogP contribution < -0.4 is 9.46 Å². The third-order valence-electron chi connectivity index (χ3n) is 2.74. The standard InChI is InChI=1S/C15H13IN2O4S/c1-22-13-8-7-12(17-14(13)16)15(19)18-23(20,21)10-9-11-5-3-2-4-6-11/h2-10H,1H3,(H,18,19)/b10-9+. The molecule has 6 nitrogen and oxygen atoms in total. The first-order valence-electron chi connectivity index (χ1n) is 6.42. The summed E-state index contributed by atoms with van der Waals surface area (Å²) in [6.07, 6.45) is 1.40. The number of nitrogens with zero attached hydrogens (tertiary/aromatic N) is 1. The van der Waals surface area contributed by atoms with Gasteiger partial charge in [0.2, 0.25) is 0 Å². The molecule has 1 N–H and O–H groups in total. The van der Waals surface area contributed by atoms with Crippen LogP contribution in [0.2, 0.25) is 0 Å². The van der Waals surface area contributed by atoms with Crippen molar-refractivity contribution >= 4 is 44.6 Å². The highest BCUT2D eigenvalue weighted by atomic mass is 127. The smallest absolute Gasteiger partial charge is 0.283 e. The van der Waals surface area contributed by atoms with Gasteiger partial charge in [-0.25, -0.2) is 18.1 Å². The van der Waals surface area contributed by atoms with Crippen molar-refractivity contribution in [2.45, 2.75) is 0 Å². The molecule has 0 unspecified atom stereocenters. The van der Waals surface area contributed by atoms with Gasteiger partial charge in [0.15, 0.2) is 5.75 Å². The zero-order valence-electron chi connectivity index (χ0n) is 12.1. The molecule has 0 aliphatic rings. The molecule has 2 aromatic rings. The van der Waals surface area contributed by atoms with Crippen molar-refractivity contribution in [2.75, 3.05) is 7.11 Å². The van der Waals surface area contributed by atoms with E-state index in [-0.39, 0.29) is 5.69 Å². The average Bonchev–Trinajstić information content (AvgIpc) is 2.53. The van der Waals surface area contributed by atoms with Crippen LogP contribution in [0.1, 0.15) is 16.1 Å². The second-order valence-electron chi connectivity index (χ2n) is 4.38. The molecule has 8 heteroatoms. The first-order valence-corrected chi connectivity index (χ1v) is 9.04. The fourth-order valence-electron chi connectivity index (χ4n) is 1.65. The molecule has 1 heterocycles. The molecule has 0 fully saturated rings. The monoisotopic (exact) mass is 444 g/mol. The van der Waals surface area contributed by atoms with E-state index in [1.54, 1.807) is 30.3 Å². The Labute approximate surface area is 147 Å². The van der Waals surface area contributed by atoms with Gasteiger partial charge in [0.1, 0.15) is 9.39 Å². The lowest BCUT2D eigenvalue weighted by atomic mass is 10.2. The minimum atomic E-state index is -3.91. The predicted octanol–water partition coefficient (Wildman–Crippen LogP) is 2.43. The summed E-state index contributed by atoms with van der Waals surface area (Å²) in [6, 6.07) is 11.8. The Balaban J connectivity index is 2.12. The van der Waals surface area contributed by atoms with Crippen LogP contribution in [0.5, 0.6) is 5.75 Å². The van der Waals surface area contributed by atoms with Gasteiger partial charge in [-0.1, -0.05) is 30.3 Å². The lowest BCUT2D eigenvalue weighted by Crippen LogP contribution is -2.29. The topological polar surface area (TPSA) is 85.4 Å². The van der Waals surface area contributed by atoms with E-state index in [9.17, 15) is 13.2 Å². The second-order valence-corrected chi connectivity index (χ2v) is 6.97. The van der Waals surface area contributed by atoms with Gasteiger partial charge in [-0.15, -0.1) is 0 Å². The number of hydrogen-bond donors (Lipinski definition) is 1. The molecular formula is C15H13IN2O4S. The molecule has 0 saturated heterocycles. The highest BCUT2D eigenvalue weighted by Crippen LogP contribution is 2.18. The molecular weight excluding hydrogens is 431 g/mol. The van der Waals surface area contributed by atoms with Crippen LogP contribution in [0.25, 0.3) is 6.08 Å². The van der Waals surface area contributed by atoms with Gasteiger partial charge in [0, 0.05) is 0 Å².